The quantitative estimate of drug-likeness (QED) is 0.789. The van der Waals surface area contributed by atoms with Crippen molar-refractivity contribution >= 4 is 0 Å². The van der Waals surface area contributed by atoms with Gasteiger partial charge in [-0.1, -0.05) is 12.1 Å². The van der Waals surface area contributed by atoms with Crippen molar-refractivity contribution in [2.75, 3.05) is 6.54 Å². The lowest BCUT2D eigenvalue weighted by atomic mass is 10.0. The van der Waals surface area contributed by atoms with Crippen LogP contribution < -0.4 is 5.32 Å². The molecule has 0 radical (unpaired) electrons. The molecule has 2 N–H and O–H groups in total. The smallest absolute Gasteiger partial charge is 0.119 e. The molecule has 15 heavy (non-hydrogen) atoms. The van der Waals surface area contributed by atoms with Crippen LogP contribution in [0, 0.1) is 0 Å². The van der Waals surface area contributed by atoms with Crippen LogP contribution in [0.1, 0.15) is 36.3 Å². The maximum absolute atomic E-state index is 9.72. The zero-order chi connectivity index (χ0) is 10.3. The minimum Gasteiger partial charge on any atom is -0.508 e. The first-order chi connectivity index (χ1) is 7.34. The second kappa shape index (κ2) is 3.53. The molecular formula is C13H17NO. The van der Waals surface area contributed by atoms with E-state index < -0.39 is 0 Å². The van der Waals surface area contributed by atoms with E-state index >= 15 is 0 Å². The molecule has 1 aromatic rings. The summed E-state index contributed by atoms with van der Waals surface area (Å²) >= 11 is 0. The highest BCUT2D eigenvalue weighted by Crippen LogP contribution is 2.37. The number of phenolic OH excluding ortho intramolecular Hbond substituents is 1. The van der Waals surface area contributed by atoms with Gasteiger partial charge in [0.1, 0.15) is 5.75 Å². The number of phenols is 1. The zero-order valence-electron chi connectivity index (χ0n) is 8.87. The van der Waals surface area contributed by atoms with Crippen LogP contribution in [0.5, 0.6) is 5.75 Å². The second-order valence-electron chi connectivity index (χ2n) is 4.76. The molecular weight excluding hydrogens is 186 g/mol. The van der Waals surface area contributed by atoms with Gasteiger partial charge in [-0.05, 0) is 48.8 Å². The topological polar surface area (TPSA) is 32.3 Å². The van der Waals surface area contributed by atoms with Crippen LogP contribution in [0.4, 0.5) is 0 Å². The molecule has 1 aromatic carbocycles. The fourth-order valence-electron chi connectivity index (χ4n) is 2.53. The average Bonchev–Trinajstić information content (AvgIpc) is 2.97. The number of nitrogens with one attached hydrogen (secondary N) is 1. The Balaban J connectivity index is 1.75. The van der Waals surface area contributed by atoms with Gasteiger partial charge in [0.2, 0.25) is 0 Å². The lowest BCUT2D eigenvalue weighted by Gasteiger charge is -2.12. The Labute approximate surface area is 90.3 Å². The van der Waals surface area contributed by atoms with E-state index in [2.05, 4.69) is 11.4 Å². The zero-order valence-corrected chi connectivity index (χ0v) is 8.87. The molecule has 0 saturated heterocycles. The minimum atomic E-state index is 0.487. The monoisotopic (exact) mass is 203 g/mol. The number of benzene rings is 1. The SMILES string of the molecule is Oc1cccc2c1CCC2CNC1CC1. The van der Waals surface area contributed by atoms with Gasteiger partial charge in [0.15, 0.2) is 0 Å². The molecule has 1 unspecified atom stereocenters. The van der Waals surface area contributed by atoms with Crippen LogP contribution in [-0.4, -0.2) is 17.7 Å². The van der Waals surface area contributed by atoms with Gasteiger partial charge >= 0.3 is 0 Å². The molecule has 1 fully saturated rings. The molecule has 2 heteroatoms. The summed E-state index contributed by atoms with van der Waals surface area (Å²) in [5.41, 5.74) is 2.54. The van der Waals surface area contributed by atoms with Crippen molar-refractivity contribution in [3.63, 3.8) is 0 Å². The molecule has 0 spiro atoms. The molecule has 2 nitrogen and oxygen atoms in total. The van der Waals surface area contributed by atoms with E-state index in [1.165, 1.54) is 30.4 Å². The van der Waals surface area contributed by atoms with Gasteiger partial charge in [-0.25, -0.2) is 0 Å². The number of hydrogen-bond acceptors (Lipinski definition) is 2. The van der Waals surface area contributed by atoms with Crippen molar-refractivity contribution in [2.24, 2.45) is 0 Å². The Morgan fingerprint density at radius 2 is 2.13 bits per heavy atom. The van der Waals surface area contributed by atoms with E-state index in [0.29, 0.717) is 11.7 Å². The number of rotatable bonds is 3. The van der Waals surface area contributed by atoms with E-state index in [1.54, 1.807) is 6.07 Å². The Morgan fingerprint density at radius 1 is 1.27 bits per heavy atom. The minimum absolute atomic E-state index is 0.487. The van der Waals surface area contributed by atoms with E-state index in [1.807, 2.05) is 6.07 Å². The highest BCUT2D eigenvalue weighted by molar-refractivity contribution is 5.44. The highest BCUT2D eigenvalue weighted by atomic mass is 16.3. The van der Waals surface area contributed by atoms with Gasteiger partial charge in [-0.2, -0.15) is 0 Å². The molecule has 0 bridgehead atoms. The first-order valence-electron chi connectivity index (χ1n) is 5.89. The van der Waals surface area contributed by atoms with Crippen LogP contribution in [0.2, 0.25) is 0 Å². The van der Waals surface area contributed by atoms with Gasteiger partial charge in [-0.3, -0.25) is 0 Å². The number of hydrogen-bond donors (Lipinski definition) is 2. The van der Waals surface area contributed by atoms with Gasteiger partial charge in [0.05, 0.1) is 0 Å². The standard InChI is InChI=1S/C13H17NO/c15-13-3-1-2-11-9(4-7-12(11)13)8-14-10-5-6-10/h1-3,9-10,14-15H,4-8H2. The Bertz CT molecular complexity index is 371. The molecule has 1 saturated carbocycles. The second-order valence-corrected chi connectivity index (χ2v) is 4.76. The van der Waals surface area contributed by atoms with Crippen LogP contribution in [-0.2, 0) is 6.42 Å². The predicted octanol–water partition coefficient (Wildman–Crippen LogP) is 2.17. The van der Waals surface area contributed by atoms with Gasteiger partial charge in [0.25, 0.3) is 0 Å². The van der Waals surface area contributed by atoms with Crippen LogP contribution >= 0.6 is 0 Å². The molecule has 2 aliphatic carbocycles. The summed E-state index contributed by atoms with van der Waals surface area (Å²) in [6, 6.07) is 6.71. The third kappa shape index (κ3) is 1.74. The molecule has 80 valence electrons. The van der Waals surface area contributed by atoms with Crippen molar-refractivity contribution in [2.45, 2.75) is 37.6 Å². The van der Waals surface area contributed by atoms with E-state index in [4.69, 9.17) is 0 Å². The molecule has 0 aromatic heterocycles. The molecule has 3 rings (SSSR count). The van der Waals surface area contributed by atoms with Crippen LogP contribution in [0.3, 0.4) is 0 Å². The van der Waals surface area contributed by atoms with Crippen molar-refractivity contribution in [1.82, 2.24) is 5.32 Å². The molecule has 1 atom stereocenters. The summed E-state index contributed by atoms with van der Waals surface area (Å²) in [5, 5.41) is 13.3. The number of aromatic hydroxyl groups is 1. The first kappa shape index (κ1) is 9.22. The predicted molar refractivity (Wildman–Crippen MR) is 60.2 cm³/mol. The fraction of sp³-hybridized carbons (Fsp3) is 0.538. The summed E-state index contributed by atoms with van der Waals surface area (Å²) in [4.78, 5) is 0. The molecule has 0 amide bonds. The lowest BCUT2D eigenvalue weighted by molar-refractivity contribution is 0.469. The highest BCUT2D eigenvalue weighted by Gasteiger charge is 2.27. The lowest BCUT2D eigenvalue weighted by Crippen LogP contribution is -2.22. The third-order valence-corrected chi connectivity index (χ3v) is 3.60. The maximum Gasteiger partial charge on any atom is 0.119 e. The largest absolute Gasteiger partial charge is 0.508 e. The Hall–Kier alpha value is -1.02. The van der Waals surface area contributed by atoms with E-state index in [9.17, 15) is 5.11 Å². The molecule has 2 aliphatic rings. The normalized spacial score (nSPS) is 24.1. The fourth-order valence-corrected chi connectivity index (χ4v) is 2.53. The van der Waals surface area contributed by atoms with Gasteiger partial charge < -0.3 is 10.4 Å². The van der Waals surface area contributed by atoms with Gasteiger partial charge in [-0.15, -0.1) is 0 Å². The average molecular weight is 203 g/mol. The summed E-state index contributed by atoms with van der Waals surface area (Å²) < 4.78 is 0. The maximum atomic E-state index is 9.72. The molecule has 0 heterocycles. The van der Waals surface area contributed by atoms with E-state index in [-0.39, 0.29) is 0 Å². The summed E-state index contributed by atoms with van der Waals surface area (Å²) in [7, 11) is 0. The first-order valence-corrected chi connectivity index (χ1v) is 5.89. The van der Waals surface area contributed by atoms with Crippen LogP contribution in [0.15, 0.2) is 18.2 Å². The number of fused-ring (bicyclic) bond motifs is 1. The molecule has 0 aliphatic heterocycles. The Morgan fingerprint density at radius 3 is 2.93 bits per heavy atom. The summed E-state index contributed by atoms with van der Waals surface area (Å²) in [5.74, 6) is 1.11. The van der Waals surface area contributed by atoms with Crippen molar-refractivity contribution in [3.8, 4) is 5.75 Å². The van der Waals surface area contributed by atoms with Crippen molar-refractivity contribution in [1.29, 1.82) is 0 Å². The summed E-state index contributed by atoms with van der Waals surface area (Å²) in [6.45, 7) is 1.08. The van der Waals surface area contributed by atoms with Crippen LogP contribution in [0.25, 0.3) is 0 Å². The Kier molecular flexibility index (Phi) is 2.17. The van der Waals surface area contributed by atoms with Gasteiger partial charge in [0, 0.05) is 12.6 Å². The van der Waals surface area contributed by atoms with Crippen molar-refractivity contribution < 1.29 is 5.11 Å². The summed E-state index contributed by atoms with van der Waals surface area (Å²) in [6.07, 6.45) is 4.92. The van der Waals surface area contributed by atoms with E-state index in [0.717, 1.165) is 19.0 Å². The van der Waals surface area contributed by atoms with Crippen molar-refractivity contribution in [3.05, 3.63) is 29.3 Å². The third-order valence-electron chi connectivity index (χ3n) is 3.60.